The number of anilines is 1. The van der Waals surface area contributed by atoms with Crippen molar-refractivity contribution in [2.45, 2.75) is 36.6 Å². The summed E-state index contributed by atoms with van der Waals surface area (Å²) in [6.07, 6.45) is 3.58. The van der Waals surface area contributed by atoms with Gasteiger partial charge in [0.05, 0.1) is 12.0 Å². The maximum atomic E-state index is 5.41. The van der Waals surface area contributed by atoms with E-state index in [-0.39, 0.29) is 0 Å². The molecule has 21 heavy (non-hydrogen) atoms. The van der Waals surface area contributed by atoms with Crippen LogP contribution < -0.4 is 10.1 Å². The highest BCUT2D eigenvalue weighted by molar-refractivity contribution is 7.99. The number of hydrogen-bond donors (Lipinski definition) is 1. The van der Waals surface area contributed by atoms with Crippen molar-refractivity contribution < 1.29 is 4.74 Å². The monoisotopic (exact) mass is 303 g/mol. The lowest BCUT2D eigenvalue weighted by Crippen LogP contribution is -2.07. The van der Waals surface area contributed by atoms with E-state index >= 15 is 0 Å². The van der Waals surface area contributed by atoms with Crippen LogP contribution in [0.25, 0.3) is 0 Å². The lowest BCUT2D eigenvalue weighted by Gasteiger charge is -2.13. The van der Waals surface area contributed by atoms with Gasteiger partial charge in [-0.15, -0.1) is 0 Å². The van der Waals surface area contributed by atoms with Crippen LogP contribution in [-0.4, -0.2) is 23.6 Å². The van der Waals surface area contributed by atoms with Crippen LogP contribution in [0.15, 0.2) is 40.5 Å². The van der Waals surface area contributed by atoms with Gasteiger partial charge in [-0.2, -0.15) is 0 Å². The Labute approximate surface area is 130 Å². The number of methoxy groups -OCH3 is 1. The lowest BCUT2D eigenvalue weighted by molar-refractivity contribution is 0.405. The molecule has 0 saturated carbocycles. The van der Waals surface area contributed by atoms with Crippen molar-refractivity contribution in [3.05, 3.63) is 36.2 Å². The molecule has 1 N–H and O–H groups in total. The van der Waals surface area contributed by atoms with E-state index < -0.39 is 0 Å². The smallest absolute Gasteiger partial charge is 0.133 e. The maximum absolute atomic E-state index is 5.41. The third-order valence-corrected chi connectivity index (χ3v) is 4.18. The number of aromatic nitrogens is 2. The first-order valence-electron chi connectivity index (χ1n) is 7.18. The van der Waals surface area contributed by atoms with Crippen molar-refractivity contribution in [1.29, 1.82) is 0 Å². The molecule has 0 saturated heterocycles. The number of hydrogen-bond acceptors (Lipinski definition) is 5. The van der Waals surface area contributed by atoms with E-state index in [0.29, 0.717) is 0 Å². The molecule has 5 heteroatoms. The summed E-state index contributed by atoms with van der Waals surface area (Å²) in [4.78, 5) is 9.88. The minimum atomic E-state index is 0.867. The number of ether oxygens (including phenoxy) is 1. The van der Waals surface area contributed by atoms with Crippen LogP contribution >= 0.6 is 11.8 Å². The predicted octanol–water partition coefficient (Wildman–Crippen LogP) is 4.02. The van der Waals surface area contributed by atoms with E-state index in [1.54, 1.807) is 25.2 Å². The Morgan fingerprint density at radius 3 is 2.71 bits per heavy atom. The zero-order chi connectivity index (χ0) is 15.1. The van der Waals surface area contributed by atoms with Gasteiger partial charge in [0.2, 0.25) is 0 Å². The highest BCUT2D eigenvalue weighted by Gasteiger charge is 2.12. The summed E-state index contributed by atoms with van der Waals surface area (Å²) >= 11 is 1.62. The summed E-state index contributed by atoms with van der Waals surface area (Å²) < 4.78 is 5.41. The highest BCUT2D eigenvalue weighted by Crippen LogP contribution is 2.36. The number of para-hydroxylation sites is 1. The lowest BCUT2D eigenvalue weighted by atomic mass is 10.2. The van der Waals surface area contributed by atoms with Crippen molar-refractivity contribution in [2.75, 3.05) is 19.0 Å². The maximum Gasteiger partial charge on any atom is 0.133 e. The fourth-order valence-electron chi connectivity index (χ4n) is 2.01. The Kier molecular flexibility index (Phi) is 5.87. The fraction of sp³-hybridized carbons (Fsp3) is 0.375. The van der Waals surface area contributed by atoms with E-state index in [2.05, 4.69) is 29.1 Å². The first kappa shape index (κ1) is 15.6. The van der Waals surface area contributed by atoms with Gasteiger partial charge in [0.25, 0.3) is 0 Å². The normalized spacial score (nSPS) is 10.4. The van der Waals surface area contributed by atoms with Gasteiger partial charge in [-0.05, 0) is 25.0 Å². The van der Waals surface area contributed by atoms with Gasteiger partial charge in [0, 0.05) is 12.1 Å². The molecule has 0 spiro atoms. The molecule has 4 nitrogen and oxygen atoms in total. The third-order valence-electron chi connectivity index (χ3n) is 3.08. The summed E-state index contributed by atoms with van der Waals surface area (Å²) in [5.41, 5.74) is 1.15. The van der Waals surface area contributed by atoms with Crippen LogP contribution in [0.1, 0.15) is 25.8 Å². The molecule has 0 aliphatic carbocycles. The molecule has 0 fully saturated rings. The van der Waals surface area contributed by atoms with Crippen molar-refractivity contribution in [3.63, 3.8) is 0 Å². The van der Waals surface area contributed by atoms with Gasteiger partial charge in [-0.25, -0.2) is 9.97 Å². The first-order valence-corrected chi connectivity index (χ1v) is 8.00. The SMILES string of the molecule is CCCNc1ncnc(Sc2ccccc2OC)c1CC. The topological polar surface area (TPSA) is 47.0 Å². The Bertz CT molecular complexity index is 589. The summed E-state index contributed by atoms with van der Waals surface area (Å²) in [7, 11) is 1.69. The molecule has 1 aromatic heterocycles. The second-order valence-corrected chi connectivity index (χ2v) is 5.57. The number of nitrogens with zero attached hydrogens (tertiary/aromatic N) is 2. The van der Waals surface area contributed by atoms with Crippen LogP contribution in [0.3, 0.4) is 0 Å². The van der Waals surface area contributed by atoms with Gasteiger partial charge in [0.1, 0.15) is 22.9 Å². The summed E-state index contributed by atoms with van der Waals surface area (Å²) in [5.74, 6) is 1.80. The molecule has 1 aromatic carbocycles. The third kappa shape index (κ3) is 3.88. The molecule has 0 unspecified atom stereocenters. The molecule has 0 amide bonds. The van der Waals surface area contributed by atoms with Crippen LogP contribution in [0, 0.1) is 0 Å². The van der Waals surface area contributed by atoms with Crippen molar-refractivity contribution in [2.24, 2.45) is 0 Å². The van der Waals surface area contributed by atoms with E-state index in [4.69, 9.17) is 4.74 Å². The minimum Gasteiger partial charge on any atom is -0.496 e. The zero-order valence-corrected chi connectivity index (χ0v) is 13.5. The van der Waals surface area contributed by atoms with E-state index in [0.717, 1.165) is 46.4 Å². The molecule has 2 rings (SSSR count). The van der Waals surface area contributed by atoms with Gasteiger partial charge in [0.15, 0.2) is 0 Å². The van der Waals surface area contributed by atoms with Crippen LogP contribution in [-0.2, 0) is 6.42 Å². The fourth-order valence-corrected chi connectivity index (χ4v) is 3.08. The van der Waals surface area contributed by atoms with Crippen molar-refractivity contribution in [3.8, 4) is 5.75 Å². The molecule has 0 aliphatic rings. The van der Waals surface area contributed by atoms with Crippen molar-refractivity contribution in [1.82, 2.24) is 9.97 Å². The summed E-state index contributed by atoms with van der Waals surface area (Å²) in [5, 5.41) is 4.35. The van der Waals surface area contributed by atoms with E-state index in [1.165, 1.54) is 0 Å². The predicted molar refractivity (Wildman–Crippen MR) is 87.3 cm³/mol. The largest absolute Gasteiger partial charge is 0.496 e. The molecule has 0 bridgehead atoms. The minimum absolute atomic E-state index is 0.867. The van der Waals surface area contributed by atoms with Crippen LogP contribution in [0.4, 0.5) is 5.82 Å². The Balaban J connectivity index is 2.31. The Hall–Kier alpha value is -1.75. The molecule has 0 aliphatic heterocycles. The van der Waals surface area contributed by atoms with Gasteiger partial charge in [-0.3, -0.25) is 0 Å². The standard InChI is InChI=1S/C16H21N3OS/c1-4-10-17-15-12(5-2)16(19-11-18-15)21-14-9-7-6-8-13(14)20-3/h6-9,11H,4-5,10H2,1-3H3,(H,17,18,19). The van der Waals surface area contributed by atoms with Gasteiger partial charge in [-0.1, -0.05) is 37.7 Å². The van der Waals surface area contributed by atoms with Crippen LogP contribution in [0.2, 0.25) is 0 Å². The Morgan fingerprint density at radius 2 is 2.00 bits per heavy atom. The Morgan fingerprint density at radius 1 is 1.19 bits per heavy atom. The molecule has 112 valence electrons. The molecular formula is C16H21N3OS. The quantitative estimate of drug-likeness (QED) is 0.783. The molecule has 0 radical (unpaired) electrons. The zero-order valence-electron chi connectivity index (χ0n) is 12.7. The molecular weight excluding hydrogens is 282 g/mol. The van der Waals surface area contributed by atoms with E-state index in [9.17, 15) is 0 Å². The van der Waals surface area contributed by atoms with Crippen molar-refractivity contribution >= 4 is 17.6 Å². The number of rotatable bonds is 7. The summed E-state index contributed by atoms with van der Waals surface area (Å²) in [6.45, 7) is 5.19. The molecule has 0 atom stereocenters. The highest BCUT2D eigenvalue weighted by atomic mass is 32.2. The second kappa shape index (κ2) is 7.88. The van der Waals surface area contributed by atoms with Crippen LogP contribution in [0.5, 0.6) is 5.75 Å². The first-order chi connectivity index (χ1) is 10.3. The van der Waals surface area contributed by atoms with E-state index in [1.807, 2.05) is 24.3 Å². The average molecular weight is 303 g/mol. The van der Waals surface area contributed by atoms with Gasteiger partial charge >= 0.3 is 0 Å². The molecule has 2 aromatic rings. The number of benzene rings is 1. The average Bonchev–Trinajstić information content (AvgIpc) is 2.53. The second-order valence-electron chi connectivity index (χ2n) is 4.54. The number of nitrogens with one attached hydrogen (secondary N) is 1. The molecule has 1 heterocycles. The van der Waals surface area contributed by atoms with Gasteiger partial charge < -0.3 is 10.1 Å². The summed E-state index contributed by atoms with van der Waals surface area (Å²) in [6, 6.07) is 7.99.